The average Bonchev–Trinajstić information content (AvgIpc) is 3.04. The molecule has 0 saturated carbocycles. The van der Waals surface area contributed by atoms with Gasteiger partial charge in [0, 0.05) is 17.9 Å². The van der Waals surface area contributed by atoms with Gasteiger partial charge in [-0.15, -0.1) is 11.6 Å². The third kappa shape index (κ3) is 2.32. The lowest BCUT2D eigenvalue weighted by Gasteiger charge is -2.17. The molecule has 5 heteroatoms. The van der Waals surface area contributed by atoms with Crippen LogP contribution in [0.5, 0.6) is 5.75 Å². The Balaban J connectivity index is 2.20. The van der Waals surface area contributed by atoms with Crippen LogP contribution in [0.15, 0.2) is 18.2 Å². The standard InChI is InChI=1S/C14H17ClN2OS/c1-9(15)14-16-12-4-3-11(18-2)7-13(12)17(14)10-5-6-19-8-10/h3-4,7,9-10H,5-6,8H2,1-2H3. The van der Waals surface area contributed by atoms with E-state index in [2.05, 4.69) is 10.6 Å². The van der Waals surface area contributed by atoms with Crippen molar-refractivity contribution < 1.29 is 4.74 Å². The van der Waals surface area contributed by atoms with Gasteiger partial charge in [-0.3, -0.25) is 0 Å². The minimum absolute atomic E-state index is 0.0796. The van der Waals surface area contributed by atoms with Gasteiger partial charge in [0.2, 0.25) is 0 Å². The van der Waals surface area contributed by atoms with Crippen LogP contribution in [-0.2, 0) is 0 Å². The predicted molar refractivity (Wildman–Crippen MR) is 81.5 cm³/mol. The number of hydrogen-bond acceptors (Lipinski definition) is 3. The molecule has 1 aromatic carbocycles. The van der Waals surface area contributed by atoms with E-state index in [1.807, 2.05) is 30.8 Å². The number of nitrogens with zero attached hydrogens (tertiary/aromatic N) is 2. The van der Waals surface area contributed by atoms with Crippen molar-refractivity contribution in [1.82, 2.24) is 9.55 Å². The van der Waals surface area contributed by atoms with E-state index in [-0.39, 0.29) is 5.38 Å². The van der Waals surface area contributed by atoms with Gasteiger partial charge in [0.1, 0.15) is 11.6 Å². The van der Waals surface area contributed by atoms with Gasteiger partial charge in [-0.2, -0.15) is 11.8 Å². The first-order chi connectivity index (χ1) is 9.20. The van der Waals surface area contributed by atoms with Crippen LogP contribution in [0.2, 0.25) is 0 Å². The second-order valence-corrected chi connectivity index (χ2v) is 6.63. The summed E-state index contributed by atoms with van der Waals surface area (Å²) in [6.07, 6.45) is 1.18. The molecule has 0 N–H and O–H groups in total. The van der Waals surface area contributed by atoms with Gasteiger partial charge < -0.3 is 9.30 Å². The molecule has 0 radical (unpaired) electrons. The minimum Gasteiger partial charge on any atom is -0.497 e. The maximum absolute atomic E-state index is 6.31. The molecule has 1 aliphatic heterocycles. The second kappa shape index (κ2) is 5.25. The third-order valence-corrected chi connectivity index (χ3v) is 4.89. The van der Waals surface area contributed by atoms with Crippen LogP contribution in [0.4, 0.5) is 0 Å². The topological polar surface area (TPSA) is 27.1 Å². The number of rotatable bonds is 3. The lowest BCUT2D eigenvalue weighted by molar-refractivity contribution is 0.415. The van der Waals surface area contributed by atoms with E-state index in [1.54, 1.807) is 7.11 Å². The summed E-state index contributed by atoms with van der Waals surface area (Å²) in [6.45, 7) is 1.98. The monoisotopic (exact) mass is 296 g/mol. The highest BCUT2D eigenvalue weighted by atomic mass is 35.5. The number of benzene rings is 1. The molecule has 19 heavy (non-hydrogen) atoms. The van der Waals surface area contributed by atoms with Crippen molar-refractivity contribution in [3.63, 3.8) is 0 Å². The van der Waals surface area contributed by atoms with Gasteiger partial charge in [-0.1, -0.05) is 0 Å². The Bertz CT molecular complexity index is 590. The number of halogens is 1. The lowest BCUT2D eigenvalue weighted by Crippen LogP contribution is -2.12. The second-order valence-electron chi connectivity index (χ2n) is 4.83. The Morgan fingerprint density at radius 1 is 1.53 bits per heavy atom. The summed E-state index contributed by atoms with van der Waals surface area (Å²) >= 11 is 8.31. The molecule has 2 atom stereocenters. The highest BCUT2D eigenvalue weighted by Crippen LogP contribution is 2.36. The Kier molecular flexibility index (Phi) is 3.63. The van der Waals surface area contributed by atoms with Gasteiger partial charge in [0.05, 0.1) is 23.5 Å². The molecular formula is C14H17ClN2OS. The van der Waals surface area contributed by atoms with Crippen molar-refractivity contribution in [2.45, 2.75) is 24.8 Å². The zero-order valence-corrected chi connectivity index (χ0v) is 12.7. The molecule has 1 fully saturated rings. The van der Waals surface area contributed by atoms with E-state index in [9.17, 15) is 0 Å². The first-order valence-corrected chi connectivity index (χ1v) is 8.07. The molecule has 0 bridgehead atoms. The fraction of sp³-hybridized carbons (Fsp3) is 0.500. The average molecular weight is 297 g/mol. The van der Waals surface area contributed by atoms with Crippen LogP contribution in [0.1, 0.15) is 30.6 Å². The van der Waals surface area contributed by atoms with Gasteiger partial charge in [-0.05, 0) is 31.2 Å². The summed E-state index contributed by atoms with van der Waals surface area (Å²) in [5.74, 6) is 4.19. The fourth-order valence-corrected chi connectivity index (χ4v) is 3.96. The molecule has 2 aromatic rings. The molecule has 0 aliphatic carbocycles. The van der Waals surface area contributed by atoms with E-state index in [0.717, 1.165) is 28.4 Å². The van der Waals surface area contributed by atoms with Crippen LogP contribution >= 0.6 is 23.4 Å². The zero-order valence-electron chi connectivity index (χ0n) is 11.1. The summed E-state index contributed by atoms with van der Waals surface area (Å²) in [6, 6.07) is 6.52. The highest BCUT2D eigenvalue weighted by Gasteiger charge is 2.24. The largest absolute Gasteiger partial charge is 0.497 e. The van der Waals surface area contributed by atoms with Crippen molar-refractivity contribution >= 4 is 34.4 Å². The van der Waals surface area contributed by atoms with Crippen LogP contribution in [-0.4, -0.2) is 28.2 Å². The smallest absolute Gasteiger partial charge is 0.128 e. The molecular weight excluding hydrogens is 280 g/mol. The molecule has 0 spiro atoms. The van der Waals surface area contributed by atoms with Crippen LogP contribution in [0, 0.1) is 0 Å². The predicted octanol–water partition coefficient (Wildman–Crippen LogP) is 4.02. The maximum atomic E-state index is 6.31. The number of thioether (sulfide) groups is 1. The van der Waals surface area contributed by atoms with E-state index < -0.39 is 0 Å². The molecule has 2 heterocycles. The number of aromatic nitrogens is 2. The summed E-state index contributed by atoms with van der Waals surface area (Å²) in [4.78, 5) is 4.70. The van der Waals surface area contributed by atoms with Crippen LogP contribution in [0.25, 0.3) is 11.0 Å². The highest BCUT2D eigenvalue weighted by molar-refractivity contribution is 7.99. The Morgan fingerprint density at radius 2 is 2.37 bits per heavy atom. The van der Waals surface area contributed by atoms with E-state index in [4.69, 9.17) is 21.3 Å². The molecule has 102 valence electrons. The number of fused-ring (bicyclic) bond motifs is 1. The molecule has 3 rings (SSSR count). The molecule has 1 saturated heterocycles. The SMILES string of the molecule is COc1ccc2nc(C(C)Cl)n(C3CCSC3)c2c1. The quantitative estimate of drug-likeness (QED) is 0.800. The lowest BCUT2D eigenvalue weighted by atomic mass is 10.2. The first kappa shape index (κ1) is 13.1. The molecule has 0 amide bonds. The molecule has 1 aromatic heterocycles. The summed E-state index contributed by atoms with van der Waals surface area (Å²) in [7, 11) is 1.69. The Labute approximate surface area is 122 Å². The molecule has 1 aliphatic rings. The van der Waals surface area contributed by atoms with Gasteiger partial charge >= 0.3 is 0 Å². The summed E-state index contributed by atoms with van der Waals surface area (Å²) < 4.78 is 7.65. The number of ether oxygens (including phenoxy) is 1. The number of methoxy groups -OCH3 is 1. The van der Waals surface area contributed by atoms with Crippen molar-refractivity contribution in [3.8, 4) is 5.75 Å². The van der Waals surface area contributed by atoms with Crippen molar-refractivity contribution in [2.24, 2.45) is 0 Å². The normalized spacial score (nSPS) is 20.9. The third-order valence-electron chi connectivity index (χ3n) is 3.55. The van der Waals surface area contributed by atoms with E-state index >= 15 is 0 Å². The summed E-state index contributed by atoms with van der Waals surface area (Å²) in [5.41, 5.74) is 2.13. The van der Waals surface area contributed by atoms with Gasteiger partial charge in [0.15, 0.2) is 0 Å². The first-order valence-electron chi connectivity index (χ1n) is 6.48. The van der Waals surface area contributed by atoms with Crippen LogP contribution < -0.4 is 4.74 Å². The van der Waals surface area contributed by atoms with Crippen molar-refractivity contribution in [2.75, 3.05) is 18.6 Å². The Morgan fingerprint density at radius 3 is 3.00 bits per heavy atom. The molecule has 2 unspecified atom stereocenters. The fourth-order valence-electron chi connectivity index (χ4n) is 2.61. The maximum Gasteiger partial charge on any atom is 0.128 e. The zero-order chi connectivity index (χ0) is 13.4. The number of imidazole rings is 1. The number of alkyl halides is 1. The van der Waals surface area contributed by atoms with Crippen molar-refractivity contribution in [3.05, 3.63) is 24.0 Å². The number of hydrogen-bond donors (Lipinski definition) is 0. The van der Waals surface area contributed by atoms with Crippen LogP contribution in [0.3, 0.4) is 0 Å². The van der Waals surface area contributed by atoms with E-state index in [1.165, 1.54) is 12.2 Å². The Hall–Kier alpha value is -0.870. The molecule has 3 nitrogen and oxygen atoms in total. The van der Waals surface area contributed by atoms with Crippen molar-refractivity contribution in [1.29, 1.82) is 0 Å². The van der Waals surface area contributed by atoms with Gasteiger partial charge in [0.25, 0.3) is 0 Å². The summed E-state index contributed by atoms with van der Waals surface area (Å²) in [5, 5.41) is -0.0796. The minimum atomic E-state index is -0.0796. The van der Waals surface area contributed by atoms with Gasteiger partial charge in [-0.25, -0.2) is 4.98 Å². The van der Waals surface area contributed by atoms with E-state index in [0.29, 0.717) is 6.04 Å².